The molecule has 4 rings (SSSR count). The molecule has 140 valence electrons. The van der Waals surface area contributed by atoms with E-state index in [0.717, 1.165) is 22.0 Å². The third-order valence-electron chi connectivity index (χ3n) is 4.05. The van der Waals surface area contributed by atoms with Crippen LogP contribution in [0.1, 0.15) is 5.56 Å². The van der Waals surface area contributed by atoms with Crippen LogP contribution >= 0.6 is 35.0 Å². The molecule has 0 amide bonds. The molecule has 5 nitrogen and oxygen atoms in total. The van der Waals surface area contributed by atoms with Crippen molar-refractivity contribution in [2.75, 3.05) is 17.7 Å². The lowest BCUT2D eigenvalue weighted by atomic mass is 10.1. The molecular weight excluding hydrogens is 407 g/mol. The van der Waals surface area contributed by atoms with Gasteiger partial charge in [-0.1, -0.05) is 23.2 Å². The van der Waals surface area contributed by atoms with E-state index in [4.69, 9.17) is 32.7 Å². The van der Waals surface area contributed by atoms with Gasteiger partial charge in [0.2, 0.25) is 0 Å². The van der Waals surface area contributed by atoms with E-state index in [1.807, 2.05) is 18.2 Å². The molecule has 0 saturated heterocycles. The Labute approximate surface area is 171 Å². The van der Waals surface area contributed by atoms with E-state index in [1.54, 1.807) is 12.1 Å². The third-order valence-corrected chi connectivity index (χ3v) is 5.90. The zero-order chi connectivity index (χ0) is 19.0. The summed E-state index contributed by atoms with van der Waals surface area (Å²) in [4.78, 5) is 4.54. The maximum absolute atomic E-state index is 10.2. The zero-order valence-corrected chi connectivity index (χ0v) is 16.5. The average Bonchev–Trinajstić information content (AvgIpc) is 3.19. The van der Waals surface area contributed by atoms with Crippen molar-refractivity contribution in [2.45, 2.75) is 12.5 Å². The molecule has 2 aliphatic heterocycles. The highest BCUT2D eigenvalue weighted by Crippen LogP contribution is 2.37. The van der Waals surface area contributed by atoms with Crippen LogP contribution in [0.15, 0.2) is 47.8 Å². The zero-order valence-electron chi connectivity index (χ0n) is 14.2. The van der Waals surface area contributed by atoms with Crippen molar-refractivity contribution in [3.8, 4) is 11.5 Å². The van der Waals surface area contributed by atoms with Gasteiger partial charge in [0, 0.05) is 18.2 Å². The van der Waals surface area contributed by atoms with Crippen molar-refractivity contribution >= 4 is 51.4 Å². The first-order valence-electron chi connectivity index (χ1n) is 8.25. The number of fused-ring (bicyclic) bond motifs is 2. The Bertz CT molecular complexity index is 949. The lowest BCUT2D eigenvalue weighted by Crippen LogP contribution is -2.21. The summed E-state index contributed by atoms with van der Waals surface area (Å²) in [5.74, 6) is 2.26. The number of aliphatic imine (C=N–C) groups is 1. The van der Waals surface area contributed by atoms with Crippen molar-refractivity contribution in [1.82, 2.24) is 0 Å². The summed E-state index contributed by atoms with van der Waals surface area (Å²) >= 11 is 13.6. The van der Waals surface area contributed by atoms with Crippen LogP contribution in [0.25, 0.3) is 0 Å². The van der Waals surface area contributed by atoms with Gasteiger partial charge in [0.1, 0.15) is 12.4 Å². The van der Waals surface area contributed by atoms with Gasteiger partial charge in [-0.15, -0.1) is 11.8 Å². The van der Waals surface area contributed by atoms with Crippen LogP contribution < -0.4 is 14.8 Å². The first-order chi connectivity index (χ1) is 13.0. The number of hydrogen-bond acceptors (Lipinski definition) is 6. The van der Waals surface area contributed by atoms with Crippen LogP contribution in [0.4, 0.5) is 11.4 Å². The minimum Gasteiger partial charge on any atom is -0.491 e. The summed E-state index contributed by atoms with van der Waals surface area (Å²) in [7, 11) is 0. The maximum Gasteiger partial charge on any atom is 0.190 e. The number of halogens is 2. The smallest absolute Gasteiger partial charge is 0.190 e. The monoisotopic (exact) mass is 422 g/mol. The molecule has 0 radical (unpaired) electrons. The van der Waals surface area contributed by atoms with Crippen molar-refractivity contribution in [2.24, 2.45) is 4.99 Å². The van der Waals surface area contributed by atoms with Gasteiger partial charge in [0.25, 0.3) is 0 Å². The molecule has 0 unspecified atom stereocenters. The number of benzene rings is 2. The Balaban J connectivity index is 1.27. The van der Waals surface area contributed by atoms with E-state index in [9.17, 15) is 5.11 Å². The molecule has 2 N–H and O–H groups in total. The molecule has 0 spiro atoms. The Hall–Kier alpha value is -1.86. The van der Waals surface area contributed by atoms with Crippen LogP contribution in [0, 0.1) is 0 Å². The minimum absolute atomic E-state index is 0.179. The van der Waals surface area contributed by atoms with Gasteiger partial charge < -0.3 is 19.9 Å². The molecule has 0 saturated carbocycles. The predicted octanol–water partition coefficient (Wildman–Crippen LogP) is 5.03. The second-order valence-electron chi connectivity index (χ2n) is 6.16. The van der Waals surface area contributed by atoms with Crippen molar-refractivity contribution < 1.29 is 14.6 Å². The molecule has 2 aliphatic rings. The number of nitrogens with one attached hydrogen (secondary N) is 1. The molecule has 8 heteroatoms. The van der Waals surface area contributed by atoms with Gasteiger partial charge in [-0.05, 0) is 36.4 Å². The number of anilines is 1. The van der Waals surface area contributed by atoms with Crippen molar-refractivity contribution in [3.63, 3.8) is 0 Å². The minimum atomic E-state index is -0.629. The first kappa shape index (κ1) is 18.5. The second-order valence-corrected chi connectivity index (χ2v) is 8.07. The Morgan fingerprint density at radius 2 is 2.11 bits per heavy atom. The molecular formula is C19H16Cl2N2O3S. The standard InChI is InChI=1S/C19H16Cl2N2O3S/c1-10-22-16-3-2-13(6-18(16)26-10)25-8-12(24)9-27-19-5-11-4-14(20)15(21)7-17(11)23-19/h2-4,6-7,12,22,24H,1,5,8-9H2/t12-/m1/s1. The summed E-state index contributed by atoms with van der Waals surface area (Å²) in [5, 5.41) is 15.2. The van der Waals surface area contributed by atoms with Gasteiger partial charge in [0.05, 0.1) is 32.6 Å². The van der Waals surface area contributed by atoms with Crippen LogP contribution in [0.3, 0.4) is 0 Å². The quantitative estimate of drug-likeness (QED) is 0.707. The van der Waals surface area contributed by atoms with Gasteiger partial charge in [-0.25, -0.2) is 4.99 Å². The molecule has 0 aliphatic carbocycles. The number of hydrogen-bond donors (Lipinski definition) is 2. The SMILES string of the molecule is C=C1Nc2ccc(OC[C@@H](O)CSC3=Nc4cc(Cl)c(Cl)cc4C3)cc2O1. The number of aliphatic hydroxyl groups is 1. The second kappa shape index (κ2) is 7.64. The fourth-order valence-electron chi connectivity index (χ4n) is 2.76. The van der Waals surface area contributed by atoms with Crippen LogP contribution in [-0.2, 0) is 6.42 Å². The fourth-order valence-corrected chi connectivity index (χ4v) is 4.01. The van der Waals surface area contributed by atoms with E-state index >= 15 is 0 Å². The molecule has 2 aromatic rings. The highest BCUT2D eigenvalue weighted by atomic mass is 35.5. The summed E-state index contributed by atoms with van der Waals surface area (Å²) in [6.45, 7) is 3.90. The highest BCUT2D eigenvalue weighted by molar-refractivity contribution is 8.14. The highest BCUT2D eigenvalue weighted by Gasteiger charge is 2.19. The van der Waals surface area contributed by atoms with Gasteiger partial charge in [0.15, 0.2) is 11.6 Å². The van der Waals surface area contributed by atoms with Crippen LogP contribution in [0.2, 0.25) is 10.0 Å². The Morgan fingerprint density at radius 1 is 1.30 bits per heavy atom. The van der Waals surface area contributed by atoms with E-state index in [2.05, 4.69) is 16.9 Å². The molecule has 0 aromatic heterocycles. The van der Waals surface area contributed by atoms with Crippen LogP contribution in [-0.4, -0.2) is 28.6 Å². The molecule has 1 atom stereocenters. The van der Waals surface area contributed by atoms with Crippen molar-refractivity contribution in [3.05, 3.63) is 58.4 Å². The number of nitrogens with zero attached hydrogens (tertiary/aromatic N) is 1. The van der Waals surface area contributed by atoms with Gasteiger partial charge in [-0.2, -0.15) is 0 Å². The molecule has 0 bridgehead atoms. The topological polar surface area (TPSA) is 63.1 Å². The average molecular weight is 423 g/mol. The largest absolute Gasteiger partial charge is 0.491 e. The van der Waals surface area contributed by atoms with E-state index in [-0.39, 0.29) is 6.61 Å². The predicted molar refractivity (Wildman–Crippen MR) is 111 cm³/mol. The van der Waals surface area contributed by atoms with E-state index in [0.29, 0.717) is 39.6 Å². The Kier molecular flexibility index (Phi) is 5.23. The summed E-state index contributed by atoms with van der Waals surface area (Å²) in [6, 6.07) is 9.05. The number of aliphatic hydroxyl groups excluding tert-OH is 1. The number of ether oxygens (including phenoxy) is 2. The van der Waals surface area contributed by atoms with E-state index < -0.39 is 6.10 Å². The fraction of sp³-hybridized carbons (Fsp3) is 0.211. The Morgan fingerprint density at radius 3 is 2.96 bits per heavy atom. The maximum atomic E-state index is 10.2. The number of rotatable bonds is 5. The molecule has 2 aromatic carbocycles. The number of thioether (sulfide) groups is 1. The summed E-state index contributed by atoms with van der Waals surface area (Å²) in [5.41, 5.74) is 2.74. The third kappa shape index (κ3) is 4.19. The van der Waals surface area contributed by atoms with Crippen molar-refractivity contribution in [1.29, 1.82) is 0 Å². The summed E-state index contributed by atoms with van der Waals surface area (Å²) < 4.78 is 11.1. The van der Waals surface area contributed by atoms with E-state index in [1.165, 1.54) is 11.8 Å². The molecule has 0 fully saturated rings. The van der Waals surface area contributed by atoms with Crippen LogP contribution in [0.5, 0.6) is 11.5 Å². The first-order valence-corrected chi connectivity index (χ1v) is 9.99. The lowest BCUT2D eigenvalue weighted by molar-refractivity contribution is 0.126. The van der Waals surface area contributed by atoms with Gasteiger partial charge >= 0.3 is 0 Å². The lowest BCUT2D eigenvalue weighted by Gasteiger charge is -2.12. The molecule has 2 heterocycles. The molecule has 27 heavy (non-hydrogen) atoms. The normalized spacial score (nSPS) is 15.5. The summed E-state index contributed by atoms with van der Waals surface area (Å²) in [6.07, 6.45) is 0.0691. The van der Waals surface area contributed by atoms with Gasteiger partial charge in [-0.3, -0.25) is 0 Å².